The highest BCUT2D eigenvalue weighted by Gasteiger charge is 2.27. The molecule has 6 heteroatoms. The number of amides is 1. The number of aliphatic hydroxyl groups is 1. The van der Waals surface area contributed by atoms with Gasteiger partial charge in [-0.2, -0.15) is 0 Å². The average Bonchev–Trinajstić information content (AvgIpc) is 2.50. The van der Waals surface area contributed by atoms with Crippen molar-refractivity contribution in [2.24, 2.45) is 5.41 Å². The van der Waals surface area contributed by atoms with Crippen LogP contribution < -0.4 is 5.32 Å². The minimum atomic E-state index is -1.45. The van der Waals surface area contributed by atoms with Gasteiger partial charge in [0.2, 0.25) is 5.91 Å². The van der Waals surface area contributed by atoms with E-state index in [1.807, 2.05) is 0 Å². The van der Waals surface area contributed by atoms with Crippen molar-refractivity contribution < 1.29 is 18.7 Å². The quantitative estimate of drug-likeness (QED) is 0.911. The maximum Gasteiger partial charge on any atom is 0.229 e. The van der Waals surface area contributed by atoms with Crippen molar-refractivity contribution in [3.05, 3.63) is 59.4 Å². The summed E-state index contributed by atoms with van der Waals surface area (Å²) < 4.78 is 27.8. The first-order chi connectivity index (χ1) is 10.7. The molecule has 0 radical (unpaired) electrons. The standard InChI is InChI=1S/C17H18F2N2O2/c1-17(2,3)16(23)21-12-7-6-11(18)14(19)13(12)15(22)10-5-4-8-20-9-10/h4-9,15,22H,1-3H3,(H,21,23). The molecule has 0 bridgehead atoms. The highest BCUT2D eigenvalue weighted by molar-refractivity contribution is 5.95. The predicted molar refractivity (Wildman–Crippen MR) is 82.7 cm³/mol. The SMILES string of the molecule is CC(C)(C)C(=O)Nc1ccc(F)c(F)c1C(O)c1cccnc1. The van der Waals surface area contributed by atoms with E-state index in [1.54, 1.807) is 26.8 Å². The Morgan fingerprint density at radius 3 is 2.52 bits per heavy atom. The number of anilines is 1. The smallest absolute Gasteiger partial charge is 0.229 e. The summed E-state index contributed by atoms with van der Waals surface area (Å²) in [5.41, 5.74) is -0.722. The highest BCUT2D eigenvalue weighted by Crippen LogP contribution is 2.32. The summed E-state index contributed by atoms with van der Waals surface area (Å²) in [4.78, 5) is 16.0. The molecule has 0 saturated carbocycles. The van der Waals surface area contributed by atoms with Crippen LogP contribution in [0.2, 0.25) is 0 Å². The van der Waals surface area contributed by atoms with E-state index in [9.17, 15) is 18.7 Å². The second-order valence-electron chi connectivity index (χ2n) is 6.22. The molecule has 1 heterocycles. The lowest BCUT2D eigenvalue weighted by Gasteiger charge is -2.22. The summed E-state index contributed by atoms with van der Waals surface area (Å²) in [5.74, 6) is -2.67. The van der Waals surface area contributed by atoms with Gasteiger partial charge in [-0.25, -0.2) is 8.78 Å². The van der Waals surface area contributed by atoms with Crippen LogP contribution in [0.3, 0.4) is 0 Å². The number of rotatable bonds is 3. The summed E-state index contributed by atoms with van der Waals surface area (Å²) in [6.07, 6.45) is 1.40. The summed E-state index contributed by atoms with van der Waals surface area (Å²) >= 11 is 0. The molecule has 0 aliphatic carbocycles. The lowest BCUT2D eigenvalue weighted by atomic mass is 9.94. The molecule has 23 heavy (non-hydrogen) atoms. The lowest BCUT2D eigenvalue weighted by molar-refractivity contribution is -0.123. The Morgan fingerprint density at radius 1 is 1.26 bits per heavy atom. The lowest BCUT2D eigenvalue weighted by Crippen LogP contribution is -2.28. The highest BCUT2D eigenvalue weighted by atomic mass is 19.2. The third-order valence-corrected chi connectivity index (χ3v) is 3.34. The fraction of sp³-hybridized carbons (Fsp3) is 0.294. The Kier molecular flexibility index (Phi) is 4.75. The molecule has 1 atom stereocenters. The number of carbonyl (C=O) groups excluding carboxylic acids is 1. The molecule has 2 N–H and O–H groups in total. The van der Waals surface area contributed by atoms with Crippen molar-refractivity contribution in [2.45, 2.75) is 26.9 Å². The molecule has 2 rings (SSSR count). The van der Waals surface area contributed by atoms with Gasteiger partial charge in [-0.1, -0.05) is 26.8 Å². The van der Waals surface area contributed by atoms with Crippen molar-refractivity contribution in [1.82, 2.24) is 4.98 Å². The number of nitrogens with zero attached hydrogens (tertiary/aromatic N) is 1. The monoisotopic (exact) mass is 320 g/mol. The molecule has 122 valence electrons. The third-order valence-electron chi connectivity index (χ3n) is 3.34. The molecular weight excluding hydrogens is 302 g/mol. The molecule has 0 aliphatic heterocycles. The van der Waals surface area contributed by atoms with Crippen molar-refractivity contribution >= 4 is 11.6 Å². The van der Waals surface area contributed by atoms with Gasteiger partial charge in [0.1, 0.15) is 6.10 Å². The zero-order valence-electron chi connectivity index (χ0n) is 13.1. The second kappa shape index (κ2) is 6.42. The van der Waals surface area contributed by atoms with Gasteiger partial charge in [-0.3, -0.25) is 9.78 Å². The van der Waals surface area contributed by atoms with E-state index in [1.165, 1.54) is 24.5 Å². The van der Waals surface area contributed by atoms with Gasteiger partial charge in [-0.05, 0) is 18.2 Å². The largest absolute Gasteiger partial charge is 0.383 e. The van der Waals surface area contributed by atoms with Gasteiger partial charge >= 0.3 is 0 Å². The molecule has 0 spiro atoms. The van der Waals surface area contributed by atoms with Crippen LogP contribution in [0, 0.1) is 17.0 Å². The molecule has 1 unspecified atom stereocenters. The van der Waals surface area contributed by atoms with Crippen LogP contribution in [0.4, 0.5) is 14.5 Å². The van der Waals surface area contributed by atoms with Gasteiger partial charge in [0.25, 0.3) is 0 Å². The number of aliphatic hydroxyl groups excluding tert-OH is 1. The van der Waals surface area contributed by atoms with Crippen LogP contribution in [-0.2, 0) is 4.79 Å². The Balaban J connectivity index is 2.49. The van der Waals surface area contributed by atoms with Gasteiger partial charge < -0.3 is 10.4 Å². The Morgan fingerprint density at radius 2 is 1.96 bits per heavy atom. The summed E-state index contributed by atoms with van der Waals surface area (Å²) in [6.45, 7) is 5.08. The van der Waals surface area contributed by atoms with Gasteiger partial charge in [0, 0.05) is 28.9 Å². The van der Waals surface area contributed by atoms with Crippen LogP contribution in [0.25, 0.3) is 0 Å². The zero-order chi connectivity index (χ0) is 17.2. The molecule has 1 aromatic carbocycles. The van der Waals surface area contributed by atoms with Crippen molar-refractivity contribution in [3.63, 3.8) is 0 Å². The van der Waals surface area contributed by atoms with E-state index in [-0.39, 0.29) is 17.2 Å². The first-order valence-corrected chi connectivity index (χ1v) is 7.09. The van der Waals surface area contributed by atoms with Crippen LogP contribution in [0.15, 0.2) is 36.7 Å². The zero-order valence-corrected chi connectivity index (χ0v) is 13.1. The number of carbonyl (C=O) groups is 1. The summed E-state index contributed by atoms with van der Waals surface area (Å²) in [6, 6.07) is 5.25. The van der Waals surface area contributed by atoms with E-state index in [4.69, 9.17) is 0 Å². The maximum atomic E-state index is 14.2. The van der Waals surface area contributed by atoms with Crippen LogP contribution >= 0.6 is 0 Å². The first kappa shape index (κ1) is 17.0. The van der Waals surface area contributed by atoms with Crippen molar-refractivity contribution in [3.8, 4) is 0 Å². The van der Waals surface area contributed by atoms with E-state index in [0.29, 0.717) is 5.56 Å². The maximum absolute atomic E-state index is 14.2. The Hall–Kier alpha value is -2.34. The average molecular weight is 320 g/mol. The van der Waals surface area contributed by atoms with Crippen LogP contribution in [0.5, 0.6) is 0 Å². The molecule has 4 nitrogen and oxygen atoms in total. The van der Waals surface area contributed by atoms with E-state index < -0.39 is 23.2 Å². The van der Waals surface area contributed by atoms with Gasteiger partial charge in [-0.15, -0.1) is 0 Å². The Bertz CT molecular complexity index is 713. The molecule has 2 aromatic rings. The molecule has 1 amide bonds. The second-order valence-corrected chi connectivity index (χ2v) is 6.22. The molecule has 0 saturated heterocycles. The number of pyridine rings is 1. The molecule has 0 fully saturated rings. The Labute approximate surface area is 133 Å². The van der Waals surface area contributed by atoms with E-state index in [0.717, 1.165) is 6.07 Å². The van der Waals surface area contributed by atoms with Crippen molar-refractivity contribution in [2.75, 3.05) is 5.32 Å². The number of nitrogens with one attached hydrogen (secondary N) is 1. The van der Waals surface area contributed by atoms with Crippen molar-refractivity contribution in [1.29, 1.82) is 0 Å². The third kappa shape index (κ3) is 3.71. The number of hydrogen-bond donors (Lipinski definition) is 2. The fourth-order valence-electron chi connectivity index (χ4n) is 1.96. The number of hydrogen-bond acceptors (Lipinski definition) is 3. The normalized spacial score (nSPS) is 12.8. The number of halogens is 2. The molecular formula is C17H18F2N2O2. The van der Waals surface area contributed by atoms with Gasteiger partial charge in [0.05, 0.1) is 5.69 Å². The van der Waals surface area contributed by atoms with Crippen LogP contribution in [0.1, 0.15) is 38.0 Å². The minimum absolute atomic E-state index is 0.0279. The summed E-state index contributed by atoms with van der Waals surface area (Å²) in [7, 11) is 0. The van der Waals surface area contributed by atoms with E-state index >= 15 is 0 Å². The molecule has 0 aliphatic rings. The van der Waals surface area contributed by atoms with Gasteiger partial charge in [0.15, 0.2) is 11.6 Å². The minimum Gasteiger partial charge on any atom is -0.383 e. The molecule has 1 aromatic heterocycles. The number of benzene rings is 1. The topological polar surface area (TPSA) is 62.2 Å². The number of aromatic nitrogens is 1. The van der Waals surface area contributed by atoms with E-state index in [2.05, 4.69) is 10.3 Å². The first-order valence-electron chi connectivity index (χ1n) is 7.09. The fourth-order valence-corrected chi connectivity index (χ4v) is 1.96. The predicted octanol–water partition coefficient (Wildman–Crippen LogP) is 3.43. The van der Waals surface area contributed by atoms with Crippen LogP contribution in [-0.4, -0.2) is 16.0 Å². The summed E-state index contributed by atoms with van der Waals surface area (Å²) in [5, 5.41) is 12.9.